The zero-order valence-corrected chi connectivity index (χ0v) is 15.3. The van der Waals surface area contributed by atoms with E-state index in [1.807, 2.05) is 48.1 Å². The molecule has 134 valence electrons. The van der Waals surface area contributed by atoms with Gasteiger partial charge in [-0.3, -0.25) is 4.68 Å². The lowest BCUT2D eigenvalue weighted by atomic mass is 10.0. The second kappa shape index (κ2) is 7.59. The first-order valence-electron chi connectivity index (χ1n) is 8.89. The van der Waals surface area contributed by atoms with Gasteiger partial charge in [0.25, 0.3) is 0 Å². The molecule has 1 aliphatic rings. The van der Waals surface area contributed by atoms with E-state index in [0.29, 0.717) is 5.92 Å². The molecule has 0 unspecified atom stereocenters. The van der Waals surface area contributed by atoms with Crippen molar-refractivity contribution in [1.29, 1.82) is 0 Å². The number of aromatic nitrogens is 2. The van der Waals surface area contributed by atoms with Crippen molar-refractivity contribution in [1.82, 2.24) is 14.7 Å². The molecule has 1 N–H and O–H groups in total. The standard InChI is InChI=1S/C19H27N5O/c1-4-22(2)18-7-5-6-17(11-18)21-19(25)24-9-8-15(14-24)10-16-12-20-23(3)13-16/h5-7,11-13,15H,4,8-10,14H2,1-3H3,(H,21,25)/t15-/m0/s1. The van der Waals surface area contributed by atoms with E-state index < -0.39 is 0 Å². The largest absolute Gasteiger partial charge is 0.375 e. The molecule has 1 aliphatic heterocycles. The summed E-state index contributed by atoms with van der Waals surface area (Å²) in [7, 11) is 3.98. The molecule has 0 bridgehead atoms. The lowest BCUT2D eigenvalue weighted by Gasteiger charge is -2.20. The van der Waals surface area contributed by atoms with Gasteiger partial charge in [-0.1, -0.05) is 6.07 Å². The first-order valence-corrected chi connectivity index (χ1v) is 8.89. The fraction of sp³-hybridized carbons (Fsp3) is 0.474. The molecule has 0 spiro atoms. The van der Waals surface area contributed by atoms with Gasteiger partial charge in [0.2, 0.25) is 0 Å². The first-order chi connectivity index (χ1) is 12.0. The van der Waals surface area contributed by atoms with Gasteiger partial charge in [-0.2, -0.15) is 5.10 Å². The van der Waals surface area contributed by atoms with Crippen LogP contribution in [0.25, 0.3) is 0 Å². The molecule has 0 aliphatic carbocycles. The number of benzene rings is 1. The molecule has 1 aromatic heterocycles. The minimum Gasteiger partial charge on any atom is -0.375 e. The molecule has 6 heteroatoms. The molecule has 1 aromatic carbocycles. The maximum atomic E-state index is 12.6. The van der Waals surface area contributed by atoms with Crippen molar-refractivity contribution in [3.63, 3.8) is 0 Å². The predicted molar refractivity (Wildman–Crippen MR) is 101 cm³/mol. The Morgan fingerprint density at radius 1 is 1.44 bits per heavy atom. The van der Waals surface area contributed by atoms with Crippen molar-refractivity contribution in [2.24, 2.45) is 13.0 Å². The number of aryl methyl sites for hydroxylation is 1. The SMILES string of the molecule is CCN(C)c1cccc(NC(=O)N2CC[C@@H](Cc3cnn(C)c3)C2)c1. The number of hydrogen-bond acceptors (Lipinski definition) is 3. The van der Waals surface area contributed by atoms with Crippen LogP contribution >= 0.6 is 0 Å². The van der Waals surface area contributed by atoms with E-state index in [9.17, 15) is 4.79 Å². The molecule has 2 amide bonds. The van der Waals surface area contributed by atoms with Crippen molar-refractivity contribution in [3.8, 4) is 0 Å². The third-order valence-corrected chi connectivity index (χ3v) is 4.87. The van der Waals surface area contributed by atoms with Gasteiger partial charge in [0.05, 0.1) is 6.20 Å². The molecule has 2 aromatic rings. The lowest BCUT2D eigenvalue weighted by Crippen LogP contribution is -2.33. The number of carbonyl (C=O) groups excluding carboxylic acids is 1. The van der Waals surface area contributed by atoms with Gasteiger partial charge in [-0.25, -0.2) is 4.79 Å². The third-order valence-electron chi connectivity index (χ3n) is 4.87. The molecule has 3 rings (SSSR count). The van der Waals surface area contributed by atoms with E-state index in [1.54, 1.807) is 0 Å². The van der Waals surface area contributed by atoms with E-state index in [4.69, 9.17) is 0 Å². The Morgan fingerprint density at radius 3 is 3.00 bits per heavy atom. The van der Waals surface area contributed by atoms with Crippen molar-refractivity contribution in [2.45, 2.75) is 19.8 Å². The fourth-order valence-electron chi connectivity index (χ4n) is 3.30. The summed E-state index contributed by atoms with van der Waals surface area (Å²) in [5.74, 6) is 0.507. The summed E-state index contributed by atoms with van der Waals surface area (Å²) in [5, 5.41) is 7.25. The molecule has 1 saturated heterocycles. The highest BCUT2D eigenvalue weighted by Crippen LogP contribution is 2.23. The van der Waals surface area contributed by atoms with Gasteiger partial charge in [-0.15, -0.1) is 0 Å². The summed E-state index contributed by atoms with van der Waals surface area (Å²) in [6.07, 6.45) is 5.99. The van der Waals surface area contributed by atoms with Crippen LogP contribution in [-0.2, 0) is 13.5 Å². The summed E-state index contributed by atoms with van der Waals surface area (Å²) < 4.78 is 1.83. The molecule has 2 heterocycles. The van der Waals surface area contributed by atoms with Crippen LogP contribution in [0.15, 0.2) is 36.7 Å². The van der Waals surface area contributed by atoms with Gasteiger partial charge >= 0.3 is 6.03 Å². The smallest absolute Gasteiger partial charge is 0.321 e. The number of hydrogen-bond donors (Lipinski definition) is 1. The molecule has 1 fully saturated rings. The van der Waals surface area contributed by atoms with Crippen molar-refractivity contribution < 1.29 is 4.79 Å². The summed E-state index contributed by atoms with van der Waals surface area (Å²) >= 11 is 0. The number of rotatable bonds is 5. The van der Waals surface area contributed by atoms with Crippen molar-refractivity contribution in [2.75, 3.05) is 36.9 Å². The van der Waals surface area contributed by atoms with E-state index >= 15 is 0 Å². The van der Waals surface area contributed by atoms with Gasteiger partial charge in [0.15, 0.2) is 0 Å². The van der Waals surface area contributed by atoms with Crippen molar-refractivity contribution >= 4 is 17.4 Å². The van der Waals surface area contributed by atoms with Crippen LogP contribution in [0.3, 0.4) is 0 Å². The average molecular weight is 341 g/mol. The molecule has 1 atom stereocenters. The number of urea groups is 1. The maximum Gasteiger partial charge on any atom is 0.321 e. The normalized spacial score (nSPS) is 16.9. The minimum atomic E-state index is -0.00927. The molecule has 0 radical (unpaired) electrons. The van der Waals surface area contributed by atoms with Gasteiger partial charge in [-0.05, 0) is 49.4 Å². The lowest BCUT2D eigenvalue weighted by molar-refractivity contribution is 0.221. The monoisotopic (exact) mass is 341 g/mol. The van der Waals surface area contributed by atoms with E-state index in [-0.39, 0.29) is 6.03 Å². The predicted octanol–water partition coefficient (Wildman–Crippen LogP) is 2.97. The molecular weight excluding hydrogens is 314 g/mol. The minimum absolute atomic E-state index is 0.00927. The van der Waals surface area contributed by atoms with Crippen LogP contribution in [0, 0.1) is 5.92 Å². The van der Waals surface area contributed by atoms with Crippen LogP contribution in [0.4, 0.5) is 16.2 Å². The van der Waals surface area contributed by atoms with Gasteiger partial charge < -0.3 is 15.1 Å². The van der Waals surface area contributed by atoms with Crippen LogP contribution < -0.4 is 10.2 Å². The number of carbonyl (C=O) groups is 1. The van der Waals surface area contributed by atoms with Gasteiger partial charge in [0, 0.05) is 51.3 Å². The van der Waals surface area contributed by atoms with Crippen LogP contribution in [0.1, 0.15) is 18.9 Å². The summed E-state index contributed by atoms with van der Waals surface area (Å²) in [4.78, 5) is 16.6. The van der Waals surface area contributed by atoms with E-state index in [2.05, 4.69) is 34.5 Å². The van der Waals surface area contributed by atoms with Crippen LogP contribution in [0.5, 0.6) is 0 Å². The Labute approximate surface area is 149 Å². The Balaban J connectivity index is 1.55. The zero-order chi connectivity index (χ0) is 17.8. The van der Waals surface area contributed by atoms with Crippen molar-refractivity contribution in [3.05, 3.63) is 42.2 Å². The first kappa shape index (κ1) is 17.3. The molecule has 0 saturated carbocycles. The molecule has 25 heavy (non-hydrogen) atoms. The van der Waals surface area contributed by atoms with Gasteiger partial charge in [0.1, 0.15) is 0 Å². The number of nitrogens with one attached hydrogen (secondary N) is 1. The highest BCUT2D eigenvalue weighted by Gasteiger charge is 2.26. The topological polar surface area (TPSA) is 53.4 Å². The van der Waals surface area contributed by atoms with Crippen LogP contribution in [-0.4, -0.2) is 47.4 Å². The maximum absolute atomic E-state index is 12.6. The Bertz CT molecular complexity index is 726. The second-order valence-corrected chi connectivity index (χ2v) is 6.82. The summed E-state index contributed by atoms with van der Waals surface area (Å²) in [6, 6.07) is 7.98. The zero-order valence-electron chi connectivity index (χ0n) is 15.3. The number of likely N-dealkylation sites (tertiary alicyclic amines) is 1. The Morgan fingerprint density at radius 2 is 2.28 bits per heavy atom. The Kier molecular flexibility index (Phi) is 5.26. The number of amides is 2. The highest BCUT2D eigenvalue weighted by atomic mass is 16.2. The average Bonchev–Trinajstić information content (AvgIpc) is 3.24. The summed E-state index contributed by atoms with van der Waals surface area (Å²) in [5.41, 5.74) is 3.19. The molecular formula is C19H27N5O. The highest BCUT2D eigenvalue weighted by molar-refractivity contribution is 5.90. The Hall–Kier alpha value is -2.50. The van der Waals surface area contributed by atoms with Crippen LogP contribution in [0.2, 0.25) is 0 Å². The third kappa shape index (κ3) is 4.32. The van der Waals surface area contributed by atoms with E-state index in [1.165, 1.54) is 5.56 Å². The second-order valence-electron chi connectivity index (χ2n) is 6.82. The fourth-order valence-corrected chi connectivity index (χ4v) is 3.30. The molecule has 6 nitrogen and oxygen atoms in total. The number of nitrogens with zero attached hydrogens (tertiary/aromatic N) is 4. The number of anilines is 2. The van der Waals surface area contributed by atoms with E-state index in [0.717, 1.165) is 43.9 Å². The quantitative estimate of drug-likeness (QED) is 0.910. The summed E-state index contributed by atoms with van der Waals surface area (Å²) in [6.45, 7) is 4.65.